The third kappa shape index (κ3) is 2.60. The van der Waals surface area contributed by atoms with Crippen LogP contribution in [0, 0.1) is 0 Å². The molecule has 0 radical (unpaired) electrons. The molecule has 0 unspecified atom stereocenters. The van der Waals surface area contributed by atoms with Gasteiger partial charge in [-0.1, -0.05) is 48.5 Å². The van der Waals surface area contributed by atoms with Gasteiger partial charge in [0.1, 0.15) is 0 Å². The van der Waals surface area contributed by atoms with Gasteiger partial charge in [0.15, 0.2) is 5.76 Å². The fourth-order valence-electron chi connectivity index (χ4n) is 2.74. The maximum atomic E-state index is 12.9. The van der Waals surface area contributed by atoms with Crippen molar-refractivity contribution in [2.45, 2.75) is 13.8 Å². The third-order valence-corrected chi connectivity index (χ3v) is 3.65. The predicted octanol–water partition coefficient (Wildman–Crippen LogP) is 3.01. The molecule has 0 saturated carbocycles. The first-order chi connectivity index (χ1) is 11.5. The molecule has 2 amide bonds. The Labute approximate surface area is 139 Å². The van der Waals surface area contributed by atoms with E-state index in [1.165, 1.54) is 13.8 Å². The molecule has 3 rings (SSSR count). The number of anilines is 1. The summed E-state index contributed by atoms with van der Waals surface area (Å²) in [7, 11) is 0. The minimum Gasteiger partial charge on any atom is -0.425 e. The van der Waals surface area contributed by atoms with E-state index in [2.05, 4.69) is 0 Å². The second-order valence-corrected chi connectivity index (χ2v) is 5.34. The van der Waals surface area contributed by atoms with E-state index in [0.29, 0.717) is 16.8 Å². The largest absolute Gasteiger partial charge is 0.425 e. The summed E-state index contributed by atoms with van der Waals surface area (Å²) >= 11 is 0. The highest BCUT2D eigenvalue weighted by molar-refractivity contribution is 6.43. The molecule has 0 bridgehead atoms. The van der Waals surface area contributed by atoms with Crippen LogP contribution in [0.4, 0.5) is 5.69 Å². The van der Waals surface area contributed by atoms with E-state index in [0.717, 1.165) is 4.90 Å². The number of carbonyl (C=O) groups is 3. The quantitative estimate of drug-likeness (QED) is 0.484. The van der Waals surface area contributed by atoms with Crippen molar-refractivity contribution in [2.75, 3.05) is 4.90 Å². The zero-order chi connectivity index (χ0) is 17.3. The normalized spacial score (nSPS) is 15.1. The molecular formula is C19H15NO4. The molecule has 24 heavy (non-hydrogen) atoms. The maximum Gasteiger partial charge on any atom is 0.308 e. The number of nitrogens with zero attached hydrogens (tertiary/aromatic N) is 1. The number of imide groups is 1. The Bertz CT molecular complexity index is 868. The van der Waals surface area contributed by atoms with Crippen LogP contribution in [0.1, 0.15) is 25.0 Å². The Morgan fingerprint density at radius 1 is 0.917 bits per heavy atom. The number of carbonyl (C=O) groups excluding carboxylic acids is 3. The number of amides is 2. The molecule has 0 N–H and O–H groups in total. The van der Waals surface area contributed by atoms with E-state index in [9.17, 15) is 14.4 Å². The average Bonchev–Trinajstić information content (AvgIpc) is 2.85. The van der Waals surface area contributed by atoms with Crippen LogP contribution in [0.25, 0.3) is 11.3 Å². The number of esters is 1. The summed E-state index contributed by atoms with van der Waals surface area (Å²) in [6.45, 7) is 2.60. The Morgan fingerprint density at radius 3 is 2.17 bits per heavy atom. The standard InChI is InChI=1S/C19H15NO4/c1-12(21)20-16-11-7-6-10-15(16)17(19(20)23)18(24-13(2)22)14-8-4-3-5-9-14/h3-11H,1-2H3/b18-17+. The van der Waals surface area contributed by atoms with Gasteiger partial charge < -0.3 is 4.74 Å². The summed E-state index contributed by atoms with van der Waals surface area (Å²) < 4.78 is 5.36. The first-order valence-electron chi connectivity index (χ1n) is 7.43. The molecule has 0 atom stereocenters. The van der Waals surface area contributed by atoms with Crippen molar-refractivity contribution in [3.63, 3.8) is 0 Å². The number of hydrogen-bond acceptors (Lipinski definition) is 4. The van der Waals surface area contributed by atoms with Gasteiger partial charge in [-0.2, -0.15) is 0 Å². The lowest BCUT2D eigenvalue weighted by molar-refractivity contribution is -0.134. The lowest BCUT2D eigenvalue weighted by Crippen LogP contribution is -2.31. The van der Waals surface area contributed by atoms with Crippen LogP contribution >= 0.6 is 0 Å². The molecule has 0 fully saturated rings. The molecule has 0 aromatic heterocycles. The minimum atomic E-state index is -0.534. The first-order valence-corrected chi connectivity index (χ1v) is 7.43. The number of para-hydroxylation sites is 1. The minimum absolute atomic E-state index is 0.157. The van der Waals surface area contributed by atoms with Crippen molar-refractivity contribution in [3.8, 4) is 0 Å². The Hall–Kier alpha value is -3.21. The summed E-state index contributed by atoms with van der Waals surface area (Å²) in [5, 5.41) is 0. The van der Waals surface area contributed by atoms with Gasteiger partial charge >= 0.3 is 5.97 Å². The van der Waals surface area contributed by atoms with Crippen molar-refractivity contribution >= 4 is 34.8 Å². The highest BCUT2D eigenvalue weighted by Crippen LogP contribution is 2.41. The van der Waals surface area contributed by atoms with Gasteiger partial charge in [0.2, 0.25) is 5.91 Å². The number of ether oxygens (including phenoxy) is 1. The molecule has 2 aromatic rings. The van der Waals surface area contributed by atoms with Crippen LogP contribution in [-0.4, -0.2) is 17.8 Å². The fourth-order valence-corrected chi connectivity index (χ4v) is 2.74. The molecule has 1 heterocycles. The molecule has 1 aliphatic heterocycles. The lowest BCUT2D eigenvalue weighted by atomic mass is 10.0. The van der Waals surface area contributed by atoms with E-state index < -0.39 is 17.8 Å². The SMILES string of the molecule is CC(=O)O/C(=C1/C(=O)N(C(C)=O)c2ccccc21)c1ccccc1. The van der Waals surface area contributed by atoms with Gasteiger partial charge in [0, 0.05) is 25.0 Å². The Balaban J connectivity index is 2.30. The molecule has 1 aliphatic rings. The number of benzene rings is 2. The van der Waals surface area contributed by atoms with Gasteiger partial charge in [-0.05, 0) is 6.07 Å². The number of fused-ring (bicyclic) bond motifs is 1. The topological polar surface area (TPSA) is 63.7 Å². The predicted molar refractivity (Wildman–Crippen MR) is 89.6 cm³/mol. The van der Waals surface area contributed by atoms with Crippen LogP contribution in [0.3, 0.4) is 0 Å². The van der Waals surface area contributed by atoms with E-state index >= 15 is 0 Å². The summed E-state index contributed by atoms with van der Waals surface area (Å²) in [5.41, 5.74) is 1.86. The van der Waals surface area contributed by atoms with Gasteiger partial charge in [0.25, 0.3) is 5.91 Å². The smallest absolute Gasteiger partial charge is 0.308 e. The summed E-state index contributed by atoms with van der Waals surface area (Å²) in [4.78, 5) is 37.4. The van der Waals surface area contributed by atoms with Crippen molar-refractivity contribution < 1.29 is 19.1 Å². The van der Waals surface area contributed by atoms with Crippen LogP contribution in [0.15, 0.2) is 54.6 Å². The molecule has 0 spiro atoms. The fraction of sp³-hybridized carbons (Fsp3) is 0.105. The van der Waals surface area contributed by atoms with Crippen LogP contribution in [0.5, 0.6) is 0 Å². The second kappa shape index (κ2) is 6.12. The zero-order valence-electron chi connectivity index (χ0n) is 13.3. The molecular weight excluding hydrogens is 306 g/mol. The zero-order valence-corrected chi connectivity index (χ0v) is 13.3. The van der Waals surface area contributed by atoms with Crippen molar-refractivity contribution in [3.05, 3.63) is 65.7 Å². The molecule has 0 aliphatic carbocycles. The van der Waals surface area contributed by atoms with Crippen molar-refractivity contribution in [2.24, 2.45) is 0 Å². The molecule has 2 aromatic carbocycles. The highest BCUT2D eigenvalue weighted by Gasteiger charge is 2.38. The summed E-state index contributed by atoms with van der Waals surface area (Å²) in [6.07, 6.45) is 0. The molecule has 5 heteroatoms. The molecule has 0 saturated heterocycles. The first kappa shape index (κ1) is 15.7. The maximum absolute atomic E-state index is 12.9. The summed E-state index contributed by atoms with van der Waals surface area (Å²) in [5.74, 6) is -1.27. The van der Waals surface area contributed by atoms with E-state index in [1.54, 1.807) is 48.5 Å². The molecule has 5 nitrogen and oxygen atoms in total. The lowest BCUT2D eigenvalue weighted by Gasteiger charge is -2.13. The highest BCUT2D eigenvalue weighted by atomic mass is 16.5. The Morgan fingerprint density at radius 2 is 1.54 bits per heavy atom. The average molecular weight is 321 g/mol. The van der Waals surface area contributed by atoms with E-state index in [4.69, 9.17) is 4.74 Å². The van der Waals surface area contributed by atoms with Crippen LogP contribution in [-0.2, 0) is 19.1 Å². The third-order valence-electron chi connectivity index (χ3n) is 3.65. The molecule has 120 valence electrons. The van der Waals surface area contributed by atoms with Gasteiger partial charge in [-0.15, -0.1) is 0 Å². The van der Waals surface area contributed by atoms with Gasteiger partial charge in [-0.25, -0.2) is 4.90 Å². The Kier molecular flexibility index (Phi) is 4.00. The van der Waals surface area contributed by atoms with E-state index in [1.807, 2.05) is 6.07 Å². The van der Waals surface area contributed by atoms with Gasteiger partial charge in [-0.3, -0.25) is 14.4 Å². The van der Waals surface area contributed by atoms with E-state index in [-0.39, 0.29) is 11.3 Å². The number of hydrogen-bond donors (Lipinski definition) is 0. The monoisotopic (exact) mass is 321 g/mol. The summed E-state index contributed by atoms with van der Waals surface area (Å²) in [6, 6.07) is 15.8. The van der Waals surface area contributed by atoms with Crippen molar-refractivity contribution in [1.82, 2.24) is 0 Å². The van der Waals surface area contributed by atoms with Crippen molar-refractivity contribution in [1.29, 1.82) is 0 Å². The van der Waals surface area contributed by atoms with Gasteiger partial charge in [0.05, 0.1) is 11.3 Å². The second-order valence-electron chi connectivity index (χ2n) is 5.34. The number of rotatable bonds is 2. The van der Waals surface area contributed by atoms with Crippen LogP contribution in [0.2, 0.25) is 0 Å². The van der Waals surface area contributed by atoms with Crippen LogP contribution < -0.4 is 4.90 Å².